The maximum atomic E-state index is 5.65. The monoisotopic (exact) mass is 372 g/mol. The van der Waals surface area contributed by atoms with E-state index in [1.165, 1.54) is 54.9 Å². The van der Waals surface area contributed by atoms with Crippen LogP contribution in [-0.4, -0.2) is 6.61 Å². The van der Waals surface area contributed by atoms with Gasteiger partial charge in [0.05, 0.1) is 6.61 Å². The SMILES string of the molecule is CCOc1ccc2cc(-c3ccc4c5c(cccc35)-c3ccccc3-4)ccc2c1. The summed E-state index contributed by atoms with van der Waals surface area (Å²) in [6.07, 6.45) is 0. The molecule has 0 unspecified atom stereocenters. The van der Waals surface area contributed by atoms with Crippen LogP contribution in [0.1, 0.15) is 6.92 Å². The molecule has 0 radical (unpaired) electrons. The third-order valence-electron chi connectivity index (χ3n) is 5.98. The van der Waals surface area contributed by atoms with E-state index < -0.39 is 0 Å². The Bertz CT molecular complexity index is 1380. The molecule has 0 heterocycles. The van der Waals surface area contributed by atoms with Crippen molar-refractivity contribution in [2.75, 3.05) is 6.61 Å². The van der Waals surface area contributed by atoms with Gasteiger partial charge in [-0.05, 0) is 80.0 Å². The molecule has 0 saturated carbocycles. The standard InChI is InChI=1S/C28H20O/c1-2-29-21-13-12-18-16-20(11-10-19(18)17-21)22-14-15-27-24-7-4-3-6-23(24)26-9-5-8-25(22)28(26)27/h3-17H,2H2,1H3. The van der Waals surface area contributed by atoms with Crippen molar-refractivity contribution >= 4 is 21.5 Å². The molecule has 1 aliphatic carbocycles. The molecule has 5 aromatic carbocycles. The van der Waals surface area contributed by atoms with E-state index >= 15 is 0 Å². The normalized spacial score (nSPS) is 11.8. The van der Waals surface area contributed by atoms with Gasteiger partial charge in [-0.3, -0.25) is 0 Å². The van der Waals surface area contributed by atoms with Crippen molar-refractivity contribution < 1.29 is 4.74 Å². The van der Waals surface area contributed by atoms with Gasteiger partial charge in [-0.2, -0.15) is 0 Å². The lowest BCUT2D eigenvalue weighted by molar-refractivity contribution is 0.341. The summed E-state index contributed by atoms with van der Waals surface area (Å²) in [6.45, 7) is 2.70. The summed E-state index contributed by atoms with van der Waals surface area (Å²) in [4.78, 5) is 0. The molecule has 0 aliphatic heterocycles. The van der Waals surface area contributed by atoms with Crippen LogP contribution in [0.5, 0.6) is 5.75 Å². The minimum atomic E-state index is 0.687. The van der Waals surface area contributed by atoms with E-state index in [1.807, 2.05) is 6.92 Å². The third kappa shape index (κ3) is 2.41. The zero-order valence-corrected chi connectivity index (χ0v) is 16.3. The van der Waals surface area contributed by atoms with E-state index in [2.05, 4.69) is 91.0 Å². The second kappa shape index (κ2) is 6.22. The molecule has 0 saturated heterocycles. The molecule has 1 heteroatoms. The molecule has 0 amide bonds. The quantitative estimate of drug-likeness (QED) is 0.309. The van der Waals surface area contributed by atoms with Gasteiger partial charge in [0.15, 0.2) is 0 Å². The molecule has 0 fully saturated rings. The van der Waals surface area contributed by atoms with Crippen LogP contribution in [0.2, 0.25) is 0 Å². The van der Waals surface area contributed by atoms with Crippen LogP contribution in [0.25, 0.3) is 54.9 Å². The Balaban J connectivity index is 1.56. The van der Waals surface area contributed by atoms with Crippen LogP contribution in [0, 0.1) is 0 Å². The van der Waals surface area contributed by atoms with Gasteiger partial charge in [0.2, 0.25) is 0 Å². The summed E-state index contributed by atoms with van der Waals surface area (Å²) in [5.74, 6) is 0.927. The molecule has 1 nitrogen and oxygen atoms in total. The minimum Gasteiger partial charge on any atom is -0.494 e. The maximum Gasteiger partial charge on any atom is 0.119 e. The van der Waals surface area contributed by atoms with Gasteiger partial charge in [-0.15, -0.1) is 0 Å². The van der Waals surface area contributed by atoms with Gasteiger partial charge in [-0.1, -0.05) is 72.8 Å². The molecule has 0 N–H and O–H groups in total. The highest BCUT2D eigenvalue weighted by Crippen LogP contribution is 2.49. The van der Waals surface area contributed by atoms with E-state index in [0.29, 0.717) is 6.61 Å². The molecule has 5 aromatic rings. The van der Waals surface area contributed by atoms with E-state index in [0.717, 1.165) is 5.75 Å². The van der Waals surface area contributed by atoms with Crippen LogP contribution in [0.4, 0.5) is 0 Å². The number of hydrogen-bond acceptors (Lipinski definition) is 1. The molecular weight excluding hydrogens is 352 g/mol. The van der Waals surface area contributed by atoms with Crippen LogP contribution >= 0.6 is 0 Å². The number of fused-ring (bicyclic) bond motifs is 4. The van der Waals surface area contributed by atoms with Crippen molar-refractivity contribution in [3.63, 3.8) is 0 Å². The van der Waals surface area contributed by atoms with E-state index in [1.54, 1.807) is 0 Å². The highest BCUT2D eigenvalue weighted by atomic mass is 16.5. The Labute approximate surface area is 170 Å². The fraction of sp³-hybridized carbons (Fsp3) is 0.0714. The number of hydrogen-bond donors (Lipinski definition) is 0. The fourth-order valence-corrected chi connectivity index (χ4v) is 4.71. The van der Waals surface area contributed by atoms with Gasteiger partial charge in [-0.25, -0.2) is 0 Å². The Morgan fingerprint density at radius 1 is 0.586 bits per heavy atom. The first kappa shape index (κ1) is 16.4. The summed E-state index contributed by atoms with van der Waals surface area (Å²) in [5, 5.41) is 5.13. The Morgan fingerprint density at radius 2 is 1.28 bits per heavy atom. The molecular formula is C28H20O. The predicted octanol–water partition coefficient (Wildman–Crippen LogP) is 7.71. The second-order valence-corrected chi connectivity index (χ2v) is 7.59. The largest absolute Gasteiger partial charge is 0.494 e. The van der Waals surface area contributed by atoms with E-state index in [9.17, 15) is 0 Å². The average molecular weight is 372 g/mol. The summed E-state index contributed by atoms with van der Waals surface area (Å²) < 4.78 is 5.65. The zero-order valence-electron chi connectivity index (χ0n) is 16.3. The molecule has 0 aromatic heterocycles. The van der Waals surface area contributed by atoms with E-state index in [4.69, 9.17) is 4.74 Å². The Hall–Kier alpha value is -3.58. The number of benzene rings is 5. The molecule has 0 spiro atoms. The molecule has 1 aliphatic rings. The lowest BCUT2D eigenvalue weighted by Gasteiger charge is -2.11. The van der Waals surface area contributed by atoms with Crippen LogP contribution in [0.15, 0.2) is 91.0 Å². The lowest BCUT2D eigenvalue weighted by Crippen LogP contribution is -1.90. The molecule has 0 bridgehead atoms. The first-order chi connectivity index (χ1) is 14.3. The first-order valence-corrected chi connectivity index (χ1v) is 10.2. The van der Waals surface area contributed by atoms with Gasteiger partial charge >= 0.3 is 0 Å². The molecule has 0 atom stereocenters. The topological polar surface area (TPSA) is 9.23 Å². The Kier molecular flexibility index (Phi) is 3.51. The van der Waals surface area contributed by atoms with Crippen LogP contribution in [0.3, 0.4) is 0 Å². The highest BCUT2D eigenvalue weighted by Gasteiger charge is 2.22. The average Bonchev–Trinajstić information content (AvgIpc) is 3.10. The van der Waals surface area contributed by atoms with Gasteiger partial charge < -0.3 is 4.74 Å². The number of ether oxygens (including phenoxy) is 1. The van der Waals surface area contributed by atoms with Crippen molar-refractivity contribution in [1.29, 1.82) is 0 Å². The second-order valence-electron chi connectivity index (χ2n) is 7.59. The van der Waals surface area contributed by atoms with Gasteiger partial charge in [0, 0.05) is 0 Å². The van der Waals surface area contributed by atoms with E-state index in [-0.39, 0.29) is 0 Å². The summed E-state index contributed by atoms with van der Waals surface area (Å²) in [6, 6.07) is 33.0. The minimum absolute atomic E-state index is 0.687. The maximum absolute atomic E-state index is 5.65. The van der Waals surface area contributed by atoms with Crippen molar-refractivity contribution in [3.8, 4) is 39.1 Å². The molecule has 29 heavy (non-hydrogen) atoms. The van der Waals surface area contributed by atoms with Crippen LogP contribution in [-0.2, 0) is 0 Å². The fourth-order valence-electron chi connectivity index (χ4n) is 4.71. The molecule has 138 valence electrons. The first-order valence-electron chi connectivity index (χ1n) is 10.2. The summed E-state index contributed by atoms with van der Waals surface area (Å²) in [7, 11) is 0. The van der Waals surface area contributed by atoms with Gasteiger partial charge in [0.25, 0.3) is 0 Å². The van der Waals surface area contributed by atoms with Crippen molar-refractivity contribution in [1.82, 2.24) is 0 Å². The third-order valence-corrected chi connectivity index (χ3v) is 5.98. The van der Waals surface area contributed by atoms with Gasteiger partial charge in [0.1, 0.15) is 5.75 Å². The number of rotatable bonds is 3. The smallest absolute Gasteiger partial charge is 0.119 e. The van der Waals surface area contributed by atoms with Crippen molar-refractivity contribution in [2.45, 2.75) is 6.92 Å². The summed E-state index contributed by atoms with van der Waals surface area (Å²) >= 11 is 0. The Morgan fingerprint density at radius 3 is 2.10 bits per heavy atom. The predicted molar refractivity (Wildman–Crippen MR) is 122 cm³/mol. The van der Waals surface area contributed by atoms with Crippen LogP contribution < -0.4 is 4.74 Å². The summed E-state index contributed by atoms with van der Waals surface area (Å²) in [5.41, 5.74) is 7.91. The van der Waals surface area contributed by atoms with Crippen molar-refractivity contribution in [2.24, 2.45) is 0 Å². The van der Waals surface area contributed by atoms with Crippen molar-refractivity contribution in [3.05, 3.63) is 91.0 Å². The zero-order chi connectivity index (χ0) is 19.4. The highest BCUT2D eigenvalue weighted by molar-refractivity contribution is 6.18. The lowest BCUT2D eigenvalue weighted by atomic mass is 9.93. The molecule has 6 rings (SSSR count).